The molecule has 2 aromatic carbocycles. The molecule has 0 aliphatic heterocycles. The third-order valence-electron chi connectivity index (χ3n) is 4.05. The van der Waals surface area contributed by atoms with Crippen LogP contribution in [-0.4, -0.2) is 34.8 Å². The van der Waals surface area contributed by atoms with Crippen molar-refractivity contribution in [3.05, 3.63) is 64.7 Å². The van der Waals surface area contributed by atoms with E-state index in [1.165, 1.54) is 0 Å². The fourth-order valence-corrected chi connectivity index (χ4v) is 2.70. The lowest BCUT2D eigenvalue weighted by atomic mass is 10.0. The second kappa shape index (κ2) is 9.03. The summed E-state index contributed by atoms with van der Waals surface area (Å²) in [6.07, 6.45) is -0.613. The summed E-state index contributed by atoms with van der Waals surface area (Å²) in [5.74, 6) is -0.839. The zero-order valence-electron chi connectivity index (χ0n) is 15.0. The van der Waals surface area contributed by atoms with Gasteiger partial charge in [0.05, 0.1) is 12.5 Å². The minimum atomic E-state index is -0.839. The van der Waals surface area contributed by atoms with Gasteiger partial charge in [0.2, 0.25) is 0 Å². The van der Waals surface area contributed by atoms with Crippen LogP contribution in [0.25, 0.3) is 0 Å². The maximum atomic E-state index is 10.7. The van der Waals surface area contributed by atoms with Crippen LogP contribution in [0.1, 0.15) is 31.1 Å². The van der Waals surface area contributed by atoms with Gasteiger partial charge < -0.3 is 20.8 Å². The van der Waals surface area contributed by atoms with E-state index >= 15 is 0 Å². The molecule has 0 heterocycles. The van der Waals surface area contributed by atoms with Crippen LogP contribution in [0.2, 0.25) is 5.02 Å². The van der Waals surface area contributed by atoms with Crippen molar-refractivity contribution in [2.24, 2.45) is 0 Å². The third-order valence-corrected chi connectivity index (χ3v) is 4.29. The van der Waals surface area contributed by atoms with E-state index in [-0.39, 0.29) is 12.0 Å². The molecule has 0 aliphatic rings. The smallest absolute Gasteiger partial charge is 0.307 e. The first-order valence-corrected chi connectivity index (χ1v) is 8.86. The topological polar surface area (TPSA) is 81.6 Å². The van der Waals surface area contributed by atoms with Gasteiger partial charge in [-0.3, -0.25) is 4.79 Å². The number of aliphatic hydroxyl groups excluding tert-OH is 1. The molecule has 1 unspecified atom stereocenters. The van der Waals surface area contributed by atoms with Crippen molar-refractivity contribution < 1.29 is 15.0 Å². The number of β-amino-alcohol motifs (C(OH)–C–C–N with tert-alkyl or cyclic N) is 1. The molecule has 5 nitrogen and oxygen atoms in total. The molecule has 0 fully saturated rings. The highest BCUT2D eigenvalue weighted by Gasteiger charge is 2.19. The van der Waals surface area contributed by atoms with Crippen LogP contribution < -0.4 is 10.6 Å². The van der Waals surface area contributed by atoms with Gasteiger partial charge in [0.1, 0.15) is 0 Å². The number of hydrogen-bond acceptors (Lipinski definition) is 4. The van der Waals surface area contributed by atoms with Gasteiger partial charge in [0.25, 0.3) is 0 Å². The molecule has 0 saturated heterocycles. The Morgan fingerprint density at radius 3 is 2.50 bits per heavy atom. The van der Waals surface area contributed by atoms with E-state index in [0.29, 0.717) is 18.1 Å². The fourth-order valence-electron chi connectivity index (χ4n) is 2.51. The van der Waals surface area contributed by atoms with Gasteiger partial charge in [0, 0.05) is 29.3 Å². The van der Waals surface area contributed by atoms with Crippen LogP contribution in [0.5, 0.6) is 0 Å². The van der Waals surface area contributed by atoms with Crippen molar-refractivity contribution in [2.45, 2.75) is 31.9 Å². The number of carboxylic acid groups (broad SMARTS) is 1. The Kier molecular flexibility index (Phi) is 7.03. The van der Waals surface area contributed by atoms with Gasteiger partial charge in [-0.1, -0.05) is 35.9 Å². The quantitative estimate of drug-likeness (QED) is 0.538. The Morgan fingerprint density at radius 2 is 1.88 bits per heavy atom. The molecule has 4 N–H and O–H groups in total. The van der Waals surface area contributed by atoms with Crippen molar-refractivity contribution in [1.29, 1.82) is 0 Å². The van der Waals surface area contributed by atoms with Crippen LogP contribution in [0.3, 0.4) is 0 Å². The van der Waals surface area contributed by atoms with Crippen LogP contribution in [-0.2, 0) is 11.2 Å². The van der Waals surface area contributed by atoms with Crippen molar-refractivity contribution in [3.63, 3.8) is 0 Å². The molecule has 0 spiro atoms. The molecule has 0 saturated carbocycles. The number of aliphatic carboxylic acids is 1. The summed E-state index contributed by atoms with van der Waals surface area (Å²) < 4.78 is 0. The highest BCUT2D eigenvalue weighted by atomic mass is 35.5. The minimum Gasteiger partial charge on any atom is -0.481 e. The number of carbonyl (C=O) groups is 1. The summed E-state index contributed by atoms with van der Waals surface area (Å²) in [5.41, 5.74) is 2.22. The third kappa shape index (κ3) is 6.67. The van der Waals surface area contributed by atoms with Gasteiger partial charge in [0.15, 0.2) is 0 Å². The highest BCUT2D eigenvalue weighted by Crippen LogP contribution is 2.18. The van der Waals surface area contributed by atoms with Crippen molar-refractivity contribution in [3.8, 4) is 0 Å². The molecule has 2 rings (SSSR count). The van der Waals surface area contributed by atoms with Crippen LogP contribution in [0, 0.1) is 0 Å². The van der Waals surface area contributed by atoms with E-state index in [1.54, 1.807) is 24.3 Å². The first-order chi connectivity index (χ1) is 12.2. The molecule has 0 aliphatic carbocycles. The monoisotopic (exact) mass is 376 g/mol. The second-order valence-electron chi connectivity index (χ2n) is 6.96. The Bertz CT molecular complexity index is 732. The Morgan fingerprint density at radius 1 is 1.19 bits per heavy atom. The fraction of sp³-hybridized carbons (Fsp3) is 0.350. The summed E-state index contributed by atoms with van der Waals surface area (Å²) >= 11 is 5.96. The molecular weight excluding hydrogens is 352 g/mol. The molecule has 1 atom stereocenters. The lowest BCUT2D eigenvalue weighted by Crippen LogP contribution is -2.46. The normalized spacial score (nSPS) is 12.6. The lowest BCUT2D eigenvalue weighted by Gasteiger charge is -2.28. The number of benzene rings is 2. The summed E-state index contributed by atoms with van der Waals surface area (Å²) in [6.45, 7) is 5.15. The average Bonchev–Trinajstić information content (AvgIpc) is 2.59. The minimum absolute atomic E-state index is 0.0225. The molecule has 6 heteroatoms. The first kappa shape index (κ1) is 20.2. The summed E-state index contributed by atoms with van der Waals surface area (Å²) in [6, 6.07) is 14.6. The molecule has 0 amide bonds. The van der Waals surface area contributed by atoms with E-state index in [2.05, 4.69) is 10.6 Å². The van der Waals surface area contributed by atoms with Crippen molar-refractivity contribution in [2.75, 3.05) is 18.4 Å². The van der Waals surface area contributed by atoms with E-state index in [1.807, 2.05) is 38.1 Å². The van der Waals surface area contributed by atoms with E-state index < -0.39 is 12.1 Å². The van der Waals surface area contributed by atoms with Gasteiger partial charge in [-0.05, 0) is 49.2 Å². The molecule has 26 heavy (non-hydrogen) atoms. The standard InChI is InChI=1S/C20H25ClN2O3/c1-20(2,23-12-18(24)15-4-3-5-16(21)11-15)13-22-17-8-6-14(7-9-17)10-19(25)26/h3-9,11,18,22-24H,10,12-13H2,1-2H3,(H,25,26). The number of carboxylic acids is 1. The Labute approximate surface area is 159 Å². The predicted molar refractivity (Wildman–Crippen MR) is 105 cm³/mol. The zero-order valence-corrected chi connectivity index (χ0v) is 15.8. The van der Waals surface area contributed by atoms with Gasteiger partial charge >= 0.3 is 5.97 Å². The van der Waals surface area contributed by atoms with Crippen LogP contribution in [0.4, 0.5) is 5.69 Å². The summed E-state index contributed by atoms with van der Waals surface area (Å²) in [5, 5.41) is 26.4. The largest absolute Gasteiger partial charge is 0.481 e. The number of anilines is 1. The molecule has 0 bridgehead atoms. The maximum Gasteiger partial charge on any atom is 0.307 e. The van der Waals surface area contributed by atoms with E-state index in [0.717, 1.165) is 16.8 Å². The number of halogens is 1. The van der Waals surface area contributed by atoms with Crippen molar-refractivity contribution >= 4 is 23.3 Å². The van der Waals surface area contributed by atoms with Gasteiger partial charge in [-0.2, -0.15) is 0 Å². The van der Waals surface area contributed by atoms with Crippen LogP contribution >= 0.6 is 11.6 Å². The lowest BCUT2D eigenvalue weighted by molar-refractivity contribution is -0.136. The SMILES string of the molecule is CC(C)(CNc1ccc(CC(=O)O)cc1)NCC(O)c1cccc(Cl)c1. The summed E-state index contributed by atoms with van der Waals surface area (Å²) in [7, 11) is 0. The second-order valence-corrected chi connectivity index (χ2v) is 7.39. The van der Waals surface area contributed by atoms with Gasteiger partial charge in [-0.25, -0.2) is 0 Å². The molecule has 140 valence electrons. The average molecular weight is 377 g/mol. The molecule has 2 aromatic rings. The highest BCUT2D eigenvalue weighted by molar-refractivity contribution is 6.30. The number of hydrogen-bond donors (Lipinski definition) is 4. The first-order valence-electron chi connectivity index (χ1n) is 8.48. The zero-order chi connectivity index (χ0) is 19.2. The van der Waals surface area contributed by atoms with Crippen LogP contribution in [0.15, 0.2) is 48.5 Å². The Hall–Kier alpha value is -2.08. The van der Waals surface area contributed by atoms with E-state index in [9.17, 15) is 9.90 Å². The molecular formula is C20H25ClN2O3. The van der Waals surface area contributed by atoms with Crippen molar-refractivity contribution in [1.82, 2.24) is 5.32 Å². The predicted octanol–water partition coefficient (Wildman–Crippen LogP) is 3.48. The molecule has 0 radical (unpaired) electrons. The van der Waals surface area contributed by atoms with E-state index in [4.69, 9.17) is 16.7 Å². The number of aliphatic hydroxyl groups is 1. The molecule has 0 aromatic heterocycles. The number of nitrogens with one attached hydrogen (secondary N) is 2. The maximum absolute atomic E-state index is 10.7. The summed E-state index contributed by atoms with van der Waals surface area (Å²) in [4.78, 5) is 10.7. The Balaban J connectivity index is 1.83. The van der Waals surface area contributed by atoms with Gasteiger partial charge in [-0.15, -0.1) is 0 Å². The number of rotatable bonds is 9.